The van der Waals surface area contributed by atoms with Gasteiger partial charge in [-0.15, -0.1) is 0 Å². The number of nitrogens with zero attached hydrogens (tertiary/aromatic N) is 2. The molecule has 0 saturated carbocycles. The second kappa shape index (κ2) is 11.9. The van der Waals surface area contributed by atoms with Gasteiger partial charge in [-0.1, -0.05) is 48.5 Å². The molecule has 4 rings (SSSR count). The number of hydrogen-bond acceptors (Lipinski definition) is 7. The zero-order valence-corrected chi connectivity index (χ0v) is 21.4. The van der Waals surface area contributed by atoms with Crippen molar-refractivity contribution in [3.05, 3.63) is 90.6 Å². The van der Waals surface area contributed by atoms with Gasteiger partial charge in [-0.3, -0.25) is 5.14 Å². The Balaban J connectivity index is 1.67. The summed E-state index contributed by atoms with van der Waals surface area (Å²) in [7, 11) is -2.86. The van der Waals surface area contributed by atoms with Crippen molar-refractivity contribution in [2.75, 3.05) is 23.8 Å². The molecular formula is C28H31N5O3S. The first kappa shape index (κ1) is 26.2. The number of aliphatic hydroxyl groups is 1. The van der Waals surface area contributed by atoms with Gasteiger partial charge in [-0.2, -0.15) is 4.98 Å². The summed E-state index contributed by atoms with van der Waals surface area (Å²) in [6, 6.07) is 24.2. The van der Waals surface area contributed by atoms with Gasteiger partial charge in [-0.25, -0.2) is 9.19 Å². The van der Waals surface area contributed by atoms with Crippen molar-refractivity contribution in [2.45, 2.75) is 24.3 Å². The van der Waals surface area contributed by atoms with Gasteiger partial charge in [-0.05, 0) is 60.7 Å². The highest BCUT2D eigenvalue weighted by molar-refractivity contribution is 7.98. The fourth-order valence-corrected chi connectivity index (χ4v) is 4.47. The molecule has 1 heterocycles. The van der Waals surface area contributed by atoms with Crippen molar-refractivity contribution >= 4 is 33.0 Å². The molecule has 2 atom stereocenters. The average Bonchev–Trinajstić information content (AvgIpc) is 2.89. The molecule has 9 heteroatoms. The van der Waals surface area contributed by atoms with Crippen LogP contribution in [-0.2, 0) is 16.1 Å². The van der Waals surface area contributed by atoms with Crippen LogP contribution in [0.5, 0.6) is 5.75 Å². The highest BCUT2D eigenvalue weighted by Crippen LogP contribution is 2.30. The van der Waals surface area contributed by atoms with Gasteiger partial charge >= 0.3 is 0 Å². The molecule has 2 unspecified atom stereocenters. The lowest BCUT2D eigenvalue weighted by Crippen LogP contribution is -2.27. The summed E-state index contributed by atoms with van der Waals surface area (Å²) in [6.45, 7) is 2.44. The topological polar surface area (TPSA) is 122 Å². The zero-order chi connectivity index (χ0) is 26.3. The molecule has 1 aromatic heterocycles. The van der Waals surface area contributed by atoms with Crippen LogP contribution < -0.4 is 20.5 Å². The number of anilines is 3. The molecule has 0 aliphatic rings. The van der Waals surface area contributed by atoms with Gasteiger partial charge in [0.2, 0.25) is 5.95 Å². The van der Waals surface area contributed by atoms with E-state index < -0.39 is 9.71 Å². The number of aromatic nitrogens is 2. The molecule has 5 N–H and O–H groups in total. The molecule has 0 spiro atoms. The van der Waals surface area contributed by atoms with Crippen LogP contribution in [0.1, 0.15) is 12.5 Å². The maximum absolute atomic E-state index is 12.2. The second-order valence-electron chi connectivity index (χ2n) is 8.51. The average molecular weight is 518 g/mol. The SMILES string of the molecule is C=S(N)(=O)c1cccc(Nc2ncc(-c3ccc(OCC)cc3)c(NC(CO)Cc3ccccc3)n2)c1. The number of nitrogens with one attached hydrogen (secondary N) is 2. The minimum Gasteiger partial charge on any atom is -0.494 e. The largest absolute Gasteiger partial charge is 0.494 e. The smallest absolute Gasteiger partial charge is 0.229 e. The fraction of sp³-hybridized carbons (Fsp3) is 0.179. The predicted octanol–water partition coefficient (Wildman–Crippen LogP) is 4.25. The van der Waals surface area contributed by atoms with E-state index in [1.165, 1.54) is 0 Å². The van der Waals surface area contributed by atoms with Crippen LogP contribution >= 0.6 is 0 Å². The van der Waals surface area contributed by atoms with E-state index in [0.717, 1.165) is 22.4 Å². The number of rotatable bonds is 11. The van der Waals surface area contributed by atoms with Crippen LogP contribution in [0.15, 0.2) is 90.0 Å². The van der Waals surface area contributed by atoms with E-state index in [0.29, 0.717) is 35.4 Å². The summed E-state index contributed by atoms with van der Waals surface area (Å²) in [4.78, 5) is 9.66. The number of aliphatic hydroxyl groups excluding tert-OH is 1. The van der Waals surface area contributed by atoms with Gasteiger partial charge in [0, 0.05) is 22.3 Å². The van der Waals surface area contributed by atoms with E-state index >= 15 is 0 Å². The van der Waals surface area contributed by atoms with E-state index in [2.05, 4.69) is 21.5 Å². The van der Waals surface area contributed by atoms with Gasteiger partial charge < -0.3 is 20.5 Å². The molecule has 0 saturated heterocycles. The molecule has 4 aromatic rings. The second-order valence-corrected chi connectivity index (χ2v) is 10.4. The molecule has 0 fully saturated rings. The van der Waals surface area contributed by atoms with E-state index in [9.17, 15) is 9.32 Å². The Bertz CT molecular complexity index is 1430. The number of nitrogens with two attached hydrogens (primary N) is 1. The first-order chi connectivity index (χ1) is 17.9. The molecule has 8 nitrogen and oxygen atoms in total. The maximum atomic E-state index is 12.2. The van der Waals surface area contributed by atoms with E-state index in [-0.39, 0.29) is 12.6 Å². The van der Waals surface area contributed by atoms with Gasteiger partial charge in [0.05, 0.1) is 29.0 Å². The molecule has 0 bridgehead atoms. The van der Waals surface area contributed by atoms with Crippen LogP contribution in [0, 0.1) is 0 Å². The Labute approximate surface area is 217 Å². The highest BCUT2D eigenvalue weighted by Gasteiger charge is 2.16. The minimum atomic E-state index is -2.86. The third kappa shape index (κ3) is 7.07. The van der Waals surface area contributed by atoms with E-state index in [1.807, 2.05) is 61.5 Å². The first-order valence-corrected chi connectivity index (χ1v) is 13.7. The Morgan fingerprint density at radius 1 is 1.08 bits per heavy atom. The Hall–Kier alpha value is -3.92. The van der Waals surface area contributed by atoms with Crippen LogP contribution in [0.3, 0.4) is 0 Å². The summed E-state index contributed by atoms with van der Waals surface area (Å²) < 4.78 is 17.8. The molecule has 37 heavy (non-hydrogen) atoms. The minimum absolute atomic E-state index is 0.0826. The molecule has 0 aliphatic heterocycles. The van der Waals surface area contributed by atoms with Gasteiger partial charge in [0.25, 0.3) is 0 Å². The zero-order valence-electron chi connectivity index (χ0n) is 20.6. The monoisotopic (exact) mass is 517 g/mol. The van der Waals surface area contributed by atoms with Gasteiger partial charge in [0.15, 0.2) is 0 Å². The summed E-state index contributed by atoms with van der Waals surface area (Å²) >= 11 is 0. The summed E-state index contributed by atoms with van der Waals surface area (Å²) in [5.41, 5.74) is 3.40. The highest BCUT2D eigenvalue weighted by atomic mass is 32.2. The molecule has 192 valence electrons. The van der Waals surface area contributed by atoms with Crippen molar-refractivity contribution < 1.29 is 14.1 Å². The summed E-state index contributed by atoms with van der Waals surface area (Å²) in [5, 5.41) is 22.4. The number of ether oxygens (including phenoxy) is 1. The fourth-order valence-electron chi connectivity index (χ4n) is 3.83. The van der Waals surface area contributed by atoms with Crippen LogP contribution in [0.2, 0.25) is 0 Å². The van der Waals surface area contributed by atoms with Crippen LogP contribution in [0.25, 0.3) is 11.1 Å². The molecule has 0 amide bonds. The summed E-state index contributed by atoms with van der Waals surface area (Å²) in [6.07, 6.45) is 2.34. The lowest BCUT2D eigenvalue weighted by Gasteiger charge is -2.20. The number of hydrogen-bond donors (Lipinski definition) is 4. The predicted molar refractivity (Wildman–Crippen MR) is 151 cm³/mol. The Kier molecular flexibility index (Phi) is 8.39. The Morgan fingerprint density at radius 3 is 2.51 bits per heavy atom. The van der Waals surface area contributed by atoms with Crippen LogP contribution in [0.4, 0.5) is 17.5 Å². The van der Waals surface area contributed by atoms with Crippen molar-refractivity contribution in [1.82, 2.24) is 9.97 Å². The molecule has 3 aromatic carbocycles. The summed E-state index contributed by atoms with van der Waals surface area (Å²) in [5.74, 6) is 5.22. The van der Waals surface area contributed by atoms with E-state index in [4.69, 9.17) is 14.9 Å². The van der Waals surface area contributed by atoms with E-state index in [1.54, 1.807) is 30.5 Å². The molecule has 0 radical (unpaired) electrons. The quantitative estimate of drug-likeness (QED) is 0.219. The van der Waals surface area contributed by atoms with Gasteiger partial charge in [0.1, 0.15) is 11.6 Å². The Morgan fingerprint density at radius 2 is 1.84 bits per heavy atom. The van der Waals surface area contributed by atoms with Crippen LogP contribution in [-0.4, -0.2) is 44.4 Å². The molecular weight excluding hydrogens is 486 g/mol. The normalized spacial score (nSPS) is 13.4. The molecule has 0 aliphatic carbocycles. The first-order valence-electron chi connectivity index (χ1n) is 11.9. The number of benzene rings is 3. The van der Waals surface area contributed by atoms with Crippen molar-refractivity contribution in [2.24, 2.45) is 5.14 Å². The third-order valence-corrected chi connectivity index (χ3v) is 6.69. The third-order valence-electron chi connectivity index (χ3n) is 5.64. The van der Waals surface area contributed by atoms with Crippen molar-refractivity contribution in [1.29, 1.82) is 0 Å². The lowest BCUT2D eigenvalue weighted by atomic mass is 10.0. The maximum Gasteiger partial charge on any atom is 0.229 e. The van der Waals surface area contributed by atoms with Crippen molar-refractivity contribution in [3.63, 3.8) is 0 Å². The van der Waals surface area contributed by atoms with Crippen molar-refractivity contribution in [3.8, 4) is 16.9 Å². The standard InChI is InChI=1S/C28H31N5O3S/c1-3-36-24-14-12-21(13-15-24)26-18-30-28(32-22-10-7-11-25(17-22)37(2,29)35)33-27(26)31-23(19-34)16-20-8-5-4-6-9-20/h4-15,17-18,23,34H,2-3,16,19H2,1H3,(H2,29,35)(H2,30,31,32,33). The lowest BCUT2D eigenvalue weighted by molar-refractivity contribution is 0.273.